The first-order chi connectivity index (χ1) is 18.3. The van der Waals surface area contributed by atoms with Gasteiger partial charge in [-0.1, -0.05) is 6.07 Å². The predicted molar refractivity (Wildman–Crippen MR) is 151 cm³/mol. The molecule has 1 atom stereocenters. The average Bonchev–Trinajstić information content (AvgIpc) is 3.33. The van der Waals surface area contributed by atoms with E-state index in [2.05, 4.69) is 61.4 Å². The molecule has 4 aromatic rings. The number of aromatic nitrogens is 5. The topological polar surface area (TPSA) is 104 Å². The van der Waals surface area contributed by atoms with Gasteiger partial charge >= 0.3 is 0 Å². The highest BCUT2D eigenvalue weighted by Gasteiger charge is 2.19. The van der Waals surface area contributed by atoms with E-state index in [1.807, 2.05) is 49.0 Å². The van der Waals surface area contributed by atoms with Crippen LogP contribution in [0.2, 0.25) is 0 Å². The fourth-order valence-electron chi connectivity index (χ4n) is 4.81. The maximum Gasteiger partial charge on any atom is 0.257 e. The minimum atomic E-state index is -0.177. The molecule has 1 aromatic carbocycles. The average molecular weight is 514 g/mol. The van der Waals surface area contributed by atoms with Gasteiger partial charge in [-0.3, -0.25) is 9.48 Å². The van der Waals surface area contributed by atoms with Crippen molar-refractivity contribution in [3.05, 3.63) is 65.1 Å². The van der Waals surface area contributed by atoms with Gasteiger partial charge in [-0.05, 0) is 69.6 Å². The van der Waals surface area contributed by atoms with Crippen molar-refractivity contribution in [2.24, 2.45) is 0 Å². The number of nitrogens with zero attached hydrogens (tertiary/aromatic N) is 7. The molecule has 4 heterocycles. The number of pyridine rings is 1. The molecule has 1 aliphatic rings. The minimum Gasteiger partial charge on any atom is -0.362 e. The monoisotopic (exact) mass is 513 g/mol. The quantitative estimate of drug-likeness (QED) is 0.382. The maximum atomic E-state index is 13.1. The highest BCUT2D eigenvalue weighted by Crippen LogP contribution is 2.26. The number of fused-ring (bicyclic) bond motifs is 1. The van der Waals surface area contributed by atoms with Crippen molar-refractivity contribution >= 4 is 34.4 Å². The van der Waals surface area contributed by atoms with E-state index >= 15 is 0 Å². The van der Waals surface area contributed by atoms with Crippen LogP contribution in [-0.4, -0.2) is 68.8 Å². The Labute approximate surface area is 223 Å². The Kier molecular flexibility index (Phi) is 7.24. The number of nitrogens with one attached hydrogen (secondary N) is 2. The summed E-state index contributed by atoms with van der Waals surface area (Å²) in [6, 6.07) is 7.80. The largest absolute Gasteiger partial charge is 0.362 e. The van der Waals surface area contributed by atoms with E-state index in [9.17, 15) is 4.79 Å². The third-order valence-electron chi connectivity index (χ3n) is 7.08. The van der Waals surface area contributed by atoms with Crippen LogP contribution in [0.4, 0.5) is 17.3 Å². The molecular weight excluding hydrogens is 478 g/mol. The van der Waals surface area contributed by atoms with Gasteiger partial charge in [0.25, 0.3) is 5.91 Å². The normalized spacial score (nSPS) is 15.0. The Balaban J connectivity index is 1.28. The maximum absolute atomic E-state index is 13.1. The Bertz CT molecular complexity index is 1460. The minimum absolute atomic E-state index is 0.0568. The lowest BCUT2D eigenvalue weighted by molar-refractivity contribution is 0.102. The third-order valence-corrected chi connectivity index (χ3v) is 7.08. The van der Waals surface area contributed by atoms with Gasteiger partial charge < -0.3 is 20.4 Å². The van der Waals surface area contributed by atoms with Crippen molar-refractivity contribution < 1.29 is 4.79 Å². The molecule has 3 aromatic heterocycles. The molecule has 10 nitrogen and oxygen atoms in total. The van der Waals surface area contributed by atoms with Crippen LogP contribution in [0.3, 0.4) is 0 Å². The zero-order valence-electron chi connectivity index (χ0n) is 22.7. The number of anilines is 3. The molecule has 10 heteroatoms. The molecule has 2 N–H and O–H groups in total. The number of piperazine rings is 1. The van der Waals surface area contributed by atoms with Crippen LogP contribution in [0.25, 0.3) is 11.2 Å². The second-order valence-corrected chi connectivity index (χ2v) is 10.00. The molecule has 198 valence electrons. The zero-order chi connectivity index (χ0) is 26.8. The number of rotatable bonds is 7. The van der Waals surface area contributed by atoms with Crippen molar-refractivity contribution in [1.29, 1.82) is 0 Å². The van der Waals surface area contributed by atoms with Gasteiger partial charge in [-0.2, -0.15) is 5.10 Å². The number of amides is 1. The van der Waals surface area contributed by atoms with Crippen molar-refractivity contribution in [3.8, 4) is 0 Å². The van der Waals surface area contributed by atoms with E-state index in [0.717, 1.165) is 66.4 Å². The number of aryl methyl sites for hydroxylation is 3. The van der Waals surface area contributed by atoms with E-state index in [1.54, 1.807) is 12.4 Å². The van der Waals surface area contributed by atoms with Crippen LogP contribution in [-0.2, 0) is 6.54 Å². The summed E-state index contributed by atoms with van der Waals surface area (Å²) in [5.41, 5.74) is 5.84. The number of carbonyl (C=O) groups excluding carboxylic acids is 1. The fraction of sp³-hybridized carbons (Fsp3) is 0.393. The molecule has 0 saturated carbocycles. The van der Waals surface area contributed by atoms with E-state index < -0.39 is 0 Å². The van der Waals surface area contributed by atoms with Crippen LogP contribution in [0.1, 0.15) is 46.9 Å². The smallest absolute Gasteiger partial charge is 0.257 e. The number of carbonyl (C=O) groups is 1. The molecule has 1 amide bonds. The molecule has 0 radical (unpaired) electrons. The molecule has 5 rings (SSSR count). The second-order valence-electron chi connectivity index (χ2n) is 10.00. The Morgan fingerprint density at radius 3 is 2.58 bits per heavy atom. The van der Waals surface area contributed by atoms with Crippen LogP contribution in [0, 0.1) is 13.8 Å². The Hall–Kier alpha value is -4.05. The van der Waals surface area contributed by atoms with Gasteiger partial charge in [0.15, 0.2) is 0 Å². The van der Waals surface area contributed by atoms with Gasteiger partial charge in [0, 0.05) is 44.6 Å². The fourth-order valence-corrected chi connectivity index (χ4v) is 4.81. The number of benzene rings is 1. The van der Waals surface area contributed by atoms with Crippen molar-refractivity contribution in [2.75, 3.05) is 48.8 Å². The summed E-state index contributed by atoms with van der Waals surface area (Å²) in [5, 5.41) is 10.9. The Morgan fingerprint density at radius 1 is 1.05 bits per heavy atom. The Morgan fingerprint density at radius 2 is 1.84 bits per heavy atom. The first kappa shape index (κ1) is 25.6. The van der Waals surface area contributed by atoms with Crippen LogP contribution in [0.15, 0.2) is 42.9 Å². The van der Waals surface area contributed by atoms with Crippen molar-refractivity contribution in [1.82, 2.24) is 29.6 Å². The predicted octanol–water partition coefficient (Wildman–Crippen LogP) is 4.04. The lowest BCUT2D eigenvalue weighted by atomic mass is 10.0. The summed E-state index contributed by atoms with van der Waals surface area (Å²) < 4.78 is 1.82. The van der Waals surface area contributed by atoms with Crippen LogP contribution < -0.4 is 15.5 Å². The van der Waals surface area contributed by atoms with Crippen molar-refractivity contribution in [2.45, 2.75) is 40.3 Å². The number of likely N-dealkylation sites (N-methyl/N-ethyl adjacent to an activating group) is 1. The molecule has 0 aliphatic carbocycles. The molecule has 1 aliphatic heterocycles. The van der Waals surface area contributed by atoms with Gasteiger partial charge in [0.05, 0.1) is 24.0 Å². The van der Waals surface area contributed by atoms with Crippen LogP contribution in [0.5, 0.6) is 0 Å². The summed E-state index contributed by atoms with van der Waals surface area (Å²) in [4.78, 5) is 31.4. The first-order valence-electron chi connectivity index (χ1n) is 13.1. The lowest BCUT2D eigenvalue weighted by Crippen LogP contribution is -2.45. The zero-order valence-corrected chi connectivity index (χ0v) is 22.7. The molecule has 38 heavy (non-hydrogen) atoms. The molecule has 1 saturated heterocycles. The summed E-state index contributed by atoms with van der Waals surface area (Å²) in [6.07, 6.45) is 5.29. The molecule has 1 fully saturated rings. The standard InChI is InChI=1S/C28H35N9O/c1-6-37-17-24-26(34-37)33-25(16-29-24)31-20(4)23-14-22(8-7-18(23)2)32-28(38)21-13-19(3)27(30-15-21)36-11-9-35(5)10-12-36/h7-8,13-17,20H,6,9-12H2,1-5H3,(H,32,38)(H,31,33,34)/t20-/m0/s1. The lowest BCUT2D eigenvalue weighted by Gasteiger charge is -2.34. The van der Waals surface area contributed by atoms with E-state index in [4.69, 9.17) is 0 Å². The summed E-state index contributed by atoms with van der Waals surface area (Å²) in [5.74, 6) is 1.43. The third kappa shape index (κ3) is 5.45. The highest BCUT2D eigenvalue weighted by atomic mass is 16.1. The van der Waals surface area contributed by atoms with Gasteiger partial charge in [0.2, 0.25) is 5.65 Å². The summed E-state index contributed by atoms with van der Waals surface area (Å²) >= 11 is 0. The molecule has 0 bridgehead atoms. The van der Waals surface area contributed by atoms with Gasteiger partial charge in [-0.25, -0.2) is 15.0 Å². The summed E-state index contributed by atoms with van der Waals surface area (Å²) in [7, 11) is 2.13. The van der Waals surface area contributed by atoms with E-state index in [0.29, 0.717) is 17.0 Å². The summed E-state index contributed by atoms with van der Waals surface area (Å²) in [6.45, 7) is 12.8. The first-order valence-corrected chi connectivity index (χ1v) is 13.1. The second kappa shape index (κ2) is 10.7. The highest BCUT2D eigenvalue weighted by molar-refractivity contribution is 6.04. The SMILES string of the molecule is CCn1cc2ncc(N[C@@H](C)c3cc(NC(=O)c4cnc(N5CCN(C)CC5)c(C)c4)ccc3C)nc2n1. The molecule has 0 spiro atoms. The van der Waals surface area contributed by atoms with Gasteiger partial charge in [-0.15, -0.1) is 0 Å². The van der Waals surface area contributed by atoms with E-state index in [1.165, 1.54) is 0 Å². The van der Waals surface area contributed by atoms with E-state index in [-0.39, 0.29) is 11.9 Å². The number of hydrogen-bond acceptors (Lipinski definition) is 8. The number of hydrogen-bond donors (Lipinski definition) is 2. The van der Waals surface area contributed by atoms with Gasteiger partial charge in [0.1, 0.15) is 17.2 Å². The van der Waals surface area contributed by atoms with Crippen molar-refractivity contribution in [3.63, 3.8) is 0 Å². The molecular formula is C28H35N9O. The van der Waals surface area contributed by atoms with Crippen LogP contribution >= 0.6 is 0 Å². The molecule has 0 unspecified atom stereocenters.